The summed E-state index contributed by atoms with van der Waals surface area (Å²) in [7, 11) is -3.47. The van der Waals surface area contributed by atoms with Gasteiger partial charge in [-0.15, -0.1) is 11.8 Å². The summed E-state index contributed by atoms with van der Waals surface area (Å²) in [4.78, 5) is 21.1. The third-order valence-electron chi connectivity index (χ3n) is 4.65. The van der Waals surface area contributed by atoms with Crippen LogP contribution in [0.5, 0.6) is 0 Å². The Morgan fingerprint density at radius 1 is 1.07 bits per heavy atom. The maximum absolute atomic E-state index is 12.7. The molecule has 28 heavy (non-hydrogen) atoms. The lowest BCUT2D eigenvalue weighted by molar-refractivity contribution is 0.346. The molecule has 0 bridgehead atoms. The summed E-state index contributed by atoms with van der Waals surface area (Å²) in [6.07, 6.45) is 5.98. The standard InChI is InChI=1S/C19H20N4O3S2/c24-19-12-15(21-17-6-2-5-11-23(17)19)14-27-18-8-7-16(13-20-18)28(25,26)22-9-3-1-4-10-22/h2,5-8,11-13H,1,3-4,9-10,14H2. The normalized spacial score (nSPS) is 15.7. The Morgan fingerprint density at radius 2 is 1.89 bits per heavy atom. The zero-order chi connectivity index (χ0) is 19.6. The average molecular weight is 417 g/mol. The summed E-state index contributed by atoms with van der Waals surface area (Å²) >= 11 is 1.42. The van der Waals surface area contributed by atoms with Crippen LogP contribution in [0, 0.1) is 0 Å². The van der Waals surface area contributed by atoms with Crippen molar-refractivity contribution in [2.45, 2.75) is 34.9 Å². The molecular formula is C19H20N4O3S2. The van der Waals surface area contributed by atoms with E-state index in [1.54, 1.807) is 30.5 Å². The van der Waals surface area contributed by atoms with Crippen molar-refractivity contribution in [3.8, 4) is 0 Å². The van der Waals surface area contributed by atoms with E-state index >= 15 is 0 Å². The molecule has 3 aromatic rings. The van der Waals surface area contributed by atoms with E-state index < -0.39 is 10.0 Å². The van der Waals surface area contributed by atoms with Crippen LogP contribution in [0.2, 0.25) is 0 Å². The van der Waals surface area contributed by atoms with Crippen molar-refractivity contribution in [2.24, 2.45) is 0 Å². The van der Waals surface area contributed by atoms with Crippen LogP contribution >= 0.6 is 11.8 Å². The lowest BCUT2D eigenvalue weighted by Gasteiger charge is -2.25. The molecule has 0 amide bonds. The van der Waals surface area contributed by atoms with Crippen LogP contribution in [-0.4, -0.2) is 40.2 Å². The zero-order valence-corrected chi connectivity index (χ0v) is 16.8. The largest absolute Gasteiger partial charge is 0.269 e. The first kappa shape index (κ1) is 19.1. The minimum atomic E-state index is -3.47. The van der Waals surface area contributed by atoms with Gasteiger partial charge in [-0.3, -0.25) is 9.20 Å². The van der Waals surface area contributed by atoms with Gasteiger partial charge in [0.25, 0.3) is 5.56 Å². The molecule has 0 saturated carbocycles. The van der Waals surface area contributed by atoms with Crippen LogP contribution in [0.1, 0.15) is 25.0 Å². The molecule has 0 spiro atoms. The smallest absolute Gasteiger partial charge is 0.258 e. The summed E-state index contributed by atoms with van der Waals surface area (Å²) in [5, 5.41) is 0.688. The Hall–Kier alpha value is -2.23. The van der Waals surface area contributed by atoms with Gasteiger partial charge in [0.05, 0.1) is 10.7 Å². The molecule has 3 aromatic heterocycles. The highest BCUT2D eigenvalue weighted by Crippen LogP contribution is 2.24. The third-order valence-corrected chi connectivity index (χ3v) is 7.51. The zero-order valence-electron chi connectivity index (χ0n) is 15.2. The first-order valence-electron chi connectivity index (χ1n) is 9.10. The Bertz CT molecular complexity index is 1140. The summed E-state index contributed by atoms with van der Waals surface area (Å²) in [6.45, 7) is 1.14. The highest BCUT2D eigenvalue weighted by molar-refractivity contribution is 7.98. The third kappa shape index (κ3) is 3.96. The lowest BCUT2D eigenvalue weighted by atomic mass is 10.2. The monoisotopic (exact) mass is 416 g/mol. The summed E-state index contributed by atoms with van der Waals surface area (Å²) < 4.78 is 28.4. The fraction of sp³-hybridized carbons (Fsp3) is 0.316. The van der Waals surface area contributed by atoms with E-state index in [9.17, 15) is 13.2 Å². The Kier molecular flexibility index (Phi) is 5.47. The Labute approximate surface area is 167 Å². The molecular weight excluding hydrogens is 396 g/mol. The number of nitrogens with zero attached hydrogens (tertiary/aromatic N) is 4. The second kappa shape index (κ2) is 8.02. The molecule has 0 aliphatic carbocycles. The summed E-state index contributed by atoms with van der Waals surface area (Å²) in [5.41, 5.74) is 1.13. The molecule has 4 rings (SSSR count). The molecule has 0 atom stereocenters. The van der Waals surface area contributed by atoms with Crippen molar-refractivity contribution in [3.63, 3.8) is 0 Å². The predicted molar refractivity (Wildman–Crippen MR) is 108 cm³/mol. The summed E-state index contributed by atoms with van der Waals surface area (Å²) in [5.74, 6) is 0.478. The summed E-state index contributed by atoms with van der Waals surface area (Å²) in [6, 6.07) is 10.2. The van der Waals surface area contributed by atoms with Crippen molar-refractivity contribution < 1.29 is 8.42 Å². The van der Waals surface area contributed by atoms with Crippen LogP contribution in [0.4, 0.5) is 0 Å². The van der Waals surface area contributed by atoms with Gasteiger partial charge in [-0.25, -0.2) is 18.4 Å². The number of thioether (sulfide) groups is 1. The van der Waals surface area contributed by atoms with Crippen molar-refractivity contribution >= 4 is 27.4 Å². The molecule has 1 fully saturated rings. The second-order valence-electron chi connectivity index (χ2n) is 6.60. The SMILES string of the molecule is O=c1cc(CSc2ccc(S(=O)(=O)N3CCCCC3)cn2)nc2ccccn12. The maximum atomic E-state index is 12.7. The van der Waals surface area contributed by atoms with Gasteiger partial charge in [-0.2, -0.15) is 4.31 Å². The minimum absolute atomic E-state index is 0.128. The fourth-order valence-corrected chi connectivity index (χ4v) is 5.38. The molecule has 1 aliphatic heterocycles. The average Bonchev–Trinajstić information content (AvgIpc) is 2.73. The van der Waals surface area contributed by atoms with Gasteiger partial charge < -0.3 is 0 Å². The number of aromatic nitrogens is 3. The number of rotatable bonds is 5. The number of piperidine rings is 1. The van der Waals surface area contributed by atoms with Gasteiger partial charge in [-0.1, -0.05) is 12.5 Å². The van der Waals surface area contributed by atoms with E-state index in [1.807, 2.05) is 6.07 Å². The number of sulfonamides is 1. The lowest BCUT2D eigenvalue weighted by Crippen LogP contribution is -2.35. The van der Waals surface area contributed by atoms with Crippen LogP contribution in [0.25, 0.3) is 5.65 Å². The first-order valence-corrected chi connectivity index (χ1v) is 11.5. The Morgan fingerprint density at radius 3 is 2.64 bits per heavy atom. The van der Waals surface area contributed by atoms with Gasteiger partial charge >= 0.3 is 0 Å². The van der Waals surface area contributed by atoms with Crippen LogP contribution in [0.3, 0.4) is 0 Å². The fourth-order valence-electron chi connectivity index (χ4n) is 3.18. The van der Waals surface area contributed by atoms with E-state index in [0.29, 0.717) is 35.2 Å². The van der Waals surface area contributed by atoms with Crippen molar-refractivity contribution in [3.05, 3.63) is 64.8 Å². The highest BCUT2D eigenvalue weighted by Gasteiger charge is 2.26. The van der Waals surface area contributed by atoms with E-state index in [-0.39, 0.29) is 10.5 Å². The van der Waals surface area contributed by atoms with Gasteiger partial charge in [0.15, 0.2) is 0 Å². The Balaban J connectivity index is 1.47. The minimum Gasteiger partial charge on any atom is -0.269 e. The van der Waals surface area contributed by atoms with Crippen molar-refractivity contribution in [1.29, 1.82) is 0 Å². The molecule has 0 aromatic carbocycles. The molecule has 1 saturated heterocycles. The first-order chi connectivity index (χ1) is 13.5. The van der Waals surface area contributed by atoms with Crippen LogP contribution < -0.4 is 5.56 Å². The van der Waals surface area contributed by atoms with Gasteiger partial charge in [0.1, 0.15) is 10.5 Å². The predicted octanol–water partition coefficient (Wildman–Crippen LogP) is 2.56. The molecule has 1 aliphatic rings. The van der Waals surface area contributed by atoms with Gasteiger partial charge in [-0.05, 0) is 37.1 Å². The topological polar surface area (TPSA) is 84.6 Å². The van der Waals surface area contributed by atoms with Crippen molar-refractivity contribution in [2.75, 3.05) is 13.1 Å². The van der Waals surface area contributed by atoms with Crippen LogP contribution in [-0.2, 0) is 15.8 Å². The molecule has 0 unspecified atom stereocenters. The number of hydrogen-bond acceptors (Lipinski definition) is 6. The van der Waals surface area contributed by atoms with Crippen molar-refractivity contribution in [1.82, 2.24) is 18.7 Å². The number of pyridine rings is 2. The molecule has 4 heterocycles. The van der Waals surface area contributed by atoms with Gasteiger partial charge in [0, 0.05) is 37.3 Å². The molecule has 7 nitrogen and oxygen atoms in total. The van der Waals surface area contributed by atoms with Gasteiger partial charge in [0.2, 0.25) is 10.0 Å². The molecule has 146 valence electrons. The molecule has 0 radical (unpaired) electrons. The highest BCUT2D eigenvalue weighted by atomic mass is 32.2. The number of hydrogen-bond donors (Lipinski definition) is 0. The second-order valence-corrected chi connectivity index (χ2v) is 9.53. The quantitative estimate of drug-likeness (QED) is 0.595. The van der Waals surface area contributed by atoms with E-state index in [2.05, 4.69) is 9.97 Å². The molecule has 0 N–H and O–H groups in total. The van der Waals surface area contributed by atoms with Crippen LogP contribution in [0.15, 0.2) is 63.5 Å². The molecule has 9 heteroatoms. The number of fused-ring (bicyclic) bond motifs is 1. The van der Waals surface area contributed by atoms with E-state index in [4.69, 9.17) is 0 Å². The van der Waals surface area contributed by atoms with E-state index in [0.717, 1.165) is 19.3 Å². The van der Waals surface area contributed by atoms with E-state index in [1.165, 1.54) is 32.7 Å². The maximum Gasteiger partial charge on any atom is 0.258 e.